The number of amides is 1. The maximum absolute atomic E-state index is 12.8. The lowest BCUT2D eigenvalue weighted by Crippen LogP contribution is -2.51. The summed E-state index contributed by atoms with van der Waals surface area (Å²) in [4.78, 5) is 14.5. The van der Waals surface area contributed by atoms with Crippen LogP contribution in [-0.4, -0.2) is 64.0 Å². The smallest absolute Gasteiger partial charge is 0.256 e. The fraction of sp³-hybridized carbons (Fsp3) is 0.562. The first kappa shape index (κ1) is 15.4. The van der Waals surface area contributed by atoms with Gasteiger partial charge in [0, 0.05) is 37.9 Å². The van der Waals surface area contributed by atoms with E-state index in [0.29, 0.717) is 45.1 Å². The fourth-order valence-electron chi connectivity index (χ4n) is 3.07. The highest BCUT2D eigenvalue weighted by molar-refractivity contribution is 5.99. The van der Waals surface area contributed by atoms with Crippen LogP contribution in [0.2, 0.25) is 0 Å². The molecule has 0 aromatic heterocycles. The van der Waals surface area contributed by atoms with Crippen molar-refractivity contribution in [1.29, 1.82) is 0 Å². The highest BCUT2D eigenvalue weighted by Gasteiger charge is 2.50. The molecule has 2 heterocycles. The van der Waals surface area contributed by atoms with E-state index in [1.807, 2.05) is 24.3 Å². The monoisotopic (exact) mass is 306 g/mol. The Morgan fingerprint density at radius 2 is 2.00 bits per heavy atom. The third-order valence-corrected chi connectivity index (χ3v) is 4.20. The first-order chi connectivity index (χ1) is 10.8. The predicted octanol–water partition coefficient (Wildman–Crippen LogP) is 0.578. The van der Waals surface area contributed by atoms with Gasteiger partial charge in [0.15, 0.2) is 5.72 Å². The lowest BCUT2D eigenvalue weighted by atomic mass is 10.0. The number of fused-ring (bicyclic) bond motifs is 3. The molecule has 2 aliphatic heterocycles. The van der Waals surface area contributed by atoms with Crippen molar-refractivity contribution >= 4 is 5.91 Å². The van der Waals surface area contributed by atoms with Crippen LogP contribution in [-0.2, 0) is 19.9 Å². The summed E-state index contributed by atoms with van der Waals surface area (Å²) in [6, 6.07) is 7.59. The van der Waals surface area contributed by atoms with Crippen LogP contribution in [0, 0.1) is 0 Å². The zero-order chi connectivity index (χ0) is 15.4. The van der Waals surface area contributed by atoms with E-state index in [1.54, 1.807) is 12.0 Å². The number of carbonyl (C=O) groups excluding carboxylic acids is 1. The van der Waals surface area contributed by atoms with Crippen LogP contribution in [0.25, 0.3) is 0 Å². The molecule has 6 nitrogen and oxygen atoms in total. The van der Waals surface area contributed by atoms with Gasteiger partial charge in [-0.1, -0.05) is 18.2 Å². The summed E-state index contributed by atoms with van der Waals surface area (Å²) in [5.41, 5.74) is 0.716. The molecule has 1 N–H and O–H groups in total. The Hall–Kier alpha value is -1.47. The second kappa shape index (κ2) is 6.75. The van der Waals surface area contributed by atoms with E-state index in [9.17, 15) is 4.79 Å². The van der Waals surface area contributed by atoms with Gasteiger partial charge in [-0.15, -0.1) is 0 Å². The third-order valence-electron chi connectivity index (χ3n) is 4.20. The third kappa shape index (κ3) is 2.63. The van der Waals surface area contributed by atoms with Crippen LogP contribution in [0.3, 0.4) is 0 Å². The summed E-state index contributed by atoms with van der Waals surface area (Å²) in [6.45, 7) is 3.98. The van der Waals surface area contributed by atoms with Gasteiger partial charge in [-0.3, -0.25) is 4.79 Å². The standard InChI is InChI=1S/C16H22N2O4/c1-20-16-12-22-11-10-21-9-7-17-6-8-18(16)15(19)13-4-2-3-5-14(13)16/h2-5,17H,6-12H2,1H3. The van der Waals surface area contributed by atoms with Crippen molar-refractivity contribution in [2.45, 2.75) is 5.72 Å². The maximum Gasteiger partial charge on any atom is 0.256 e. The molecule has 120 valence electrons. The quantitative estimate of drug-likeness (QED) is 0.822. The molecule has 0 saturated carbocycles. The first-order valence-corrected chi connectivity index (χ1v) is 7.62. The Kier molecular flexibility index (Phi) is 4.73. The molecule has 1 atom stereocenters. The summed E-state index contributed by atoms with van der Waals surface area (Å²) in [6.07, 6.45) is 0. The predicted molar refractivity (Wildman–Crippen MR) is 80.7 cm³/mol. The summed E-state index contributed by atoms with van der Waals surface area (Å²) in [7, 11) is 1.63. The van der Waals surface area contributed by atoms with Crippen LogP contribution < -0.4 is 5.32 Å². The molecule has 1 saturated heterocycles. The van der Waals surface area contributed by atoms with Gasteiger partial charge >= 0.3 is 0 Å². The average molecular weight is 306 g/mol. The number of methoxy groups -OCH3 is 1. The van der Waals surface area contributed by atoms with Crippen LogP contribution in [0.1, 0.15) is 15.9 Å². The van der Waals surface area contributed by atoms with Gasteiger partial charge < -0.3 is 24.4 Å². The van der Waals surface area contributed by atoms with E-state index in [0.717, 1.165) is 12.1 Å². The van der Waals surface area contributed by atoms with Gasteiger partial charge in [0.1, 0.15) is 0 Å². The first-order valence-electron chi connectivity index (χ1n) is 7.62. The molecule has 1 unspecified atom stereocenters. The van der Waals surface area contributed by atoms with E-state index in [4.69, 9.17) is 14.2 Å². The second-order valence-electron chi connectivity index (χ2n) is 5.41. The zero-order valence-corrected chi connectivity index (χ0v) is 12.8. The Bertz CT molecular complexity index is 537. The number of carbonyl (C=O) groups is 1. The van der Waals surface area contributed by atoms with E-state index >= 15 is 0 Å². The minimum absolute atomic E-state index is 0.00356. The van der Waals surface area contributed by atoms with Crippen molar-refractivity contribution in [3.63, 3.8) is 0 Å². The SMILES string of the molecule is COC12COCCOCCNCCN1C(=O)c1ccccc12. The molecule has 0 aliphatic carbocycles. The lowest BCUT2D eigenvalue weighted by molar-refractivity contribution is -0.160. The van der Waals surface area contributed by atoms with Gasteiger partial charge in [0.25, 0.3) is 5.91 Å². The van der Waals surface area contributed by atoms with Crippen LogP contribution in [0.5, 0.6) is 0 Å². The Morgan fingerprint density at radius 3 is 2.86 bits per heavy atom. The summed E-state index contributed by atoms with van der Waals surface area (Å²) < 4.78 is 17.0. The minimum Gasteiger partial charge on any atom is -0.378 e. The number of ether oxygens (including phenoxy) is 3. The molecule has 1 aromatic carbocycles. The van der Waals surface area contributed by atoms with Crippen molar-refractivity contribution in [2.75, 3.05) is 53.2 Å². The maximum atomic E-state index is 12.8. The van der Waals surface area contributed by atoms with Crippen molar-refractivity contribution in [1.82, 2.24) is 10.2 Å². The fourth-order valence-corrected chi connectivity index (χ4v) is 3.07. The Labute approximate surface area is 130 Å². The number of nitrogens with one attached hydrogen (secondary N) is 1. The highest BCUT2D eigenvalue weighted by atomic mass is 16.6. The highest BCUT2D eigenvalue weighted by Crippen LogP contribution is 2.39. The average Bonchev–Trinajstić information content (AvgIpc) is 2.77. The van der Waals surface area contributed by atoms with E-state index < -0.39 is 5.72 Å². The van der Waals surface area contributed by atoms with Gasteiger partial charge in [-0.05, 0) is 6.07 Å². The molecule has 2 aliphatic rings. The topological polar surface area (TPSA) is 60.0 Å². The van der Waals surface area contributed by atoms with Crippen LogP contribution in [0.4, 0.5) is 0 Å². The zero-order valence-electron chi connectivity index (χ0n) is 12.8. The van der Waals surface area contributed by atoms with Crippen molar-refractivity contribution in [2.24, 2.45) is 0 Å². The summed E-state index contributed by atoms with van der Waals surface area (Å²) in [5, 5.41) is 3.29. The number of benzene rings is 1. The van der Waals surface area contributed by atoms with E-state index in [2.05, 4.69) is 5.32 Å². The Morgan fingerprint density at radius 1 is 1.18 bits per heavy atom. The summed E-state index contributed by atoms with van der Waals surface area (Å²) in [5.74, 6) is -0.00356. The van der Waals surface area contributed by atoms with Gasteiger partial charge in [0.05, 0.1) is 26.4 Å². The Balaban J connectivity index is 1.93. The van der Waals surface area contributed by atoms with Crippen LogP contribution in [0.15, 0.2) is 24.3 Å². The molecule has 22 heavy (non-hydrogen) atoms. The van der Waals surface area contributed by atoms with Crippen LogP contribution >= 0.6 is 0 Å². The molecule has 1 fully saturated rings. The molecule has 6 heteroatoms. The van der Waals surface area contributed by atoms with Gasteiger partial charge in [-0.2, -0.15) is 0 Å². The molecule has 0 radical (unpaired) electrons. The molecular weight excluding hydrogens is 284 g/mol. The second-order valence-corrected chi connectivity index (χ2v) is 5.41. The molecule has 1 amide bonds. The molecule has 0 spiro atoms. The number of hydrogen-bond donors (Lipinski definition) is 1. The summed E-state index contributed by atoms with van der Waals surface area (Å²) >= 11 is 0. The van der Waals surface area contributed by atoms with Crippen molar-refractivity contribution in [3.8, 4) is 0 Å². The molecular formula is C16H22N2O4. The number of nitrogens with zero attached hydrogens (tertiary/aromatic N) is 1. The van der Waals surface area contributed by atoms with Crippen molar-refractivity contribution in [3.05, 3.63) is 35.4 Å². The minimum atomic E-state index is -0.853. The lowest BCUT2D eigenvalue weighted by Gasteiger charge is -2.38. The largest absolute Gasteiger partial charge is 0.378 e. The van der Waals surface area contributed by atoms with Gasteiger partial charge in [0.2, 0.25) is 0 Å². The number of rotatable bonds is 1. The normalized spacial score (nSPS) is 26.8. The molecule has 0 bridgehead atoms. The van der Waals surface area contributed by atoms with Crippen molar-refractivity contribution < 1.29 is 19.0 Å². The molecule has 1 aromatic rings. The van der Waals surface area contributed by atoms with E-state index in [1.165, 1.54) is 0 Å². The van der Waals surface area contributed by atoms with Gasteiger partial charge in [-0.25, -0.2) is 0 Å². The van der Waals surface area contributed by atoms with E-state index in [-0.39, 0.29) is 5.91 Å². The molecule has 3 rings (SSSR count). The number of hydrogen-bond acceptors (Lipinski definition) is 5.